The Balaban J connectivity index is 2.19. The molecule has 0 aromatic rings. The van der Waals surface area contributed by atoms with E-state index in [1.54, 1.807) is 0 Å². The van der Waals surface area contributed by atoms with Gasteiger partial charge in [-0.15, -0.1) is 0 Å². The van der Waals surface area contributed by atoms with Crippen LogP contribution in [0.3, 0.4) is 0 Å². The first-order valence-electron chi connectivity index (χ1n) is 4.62. The average Bonchev–Trinajstić information content (AvgIpc) is 2.25. The largest absolute Gasteiger partial charge is 0.394 e. The lowest BCUT2D eigenvalue weighted by molar-refractivity contribution is 0.0289. The molecule has 2 aliphatic rings. The first kappa shape index (κ1) is 7.56. The Hall–Kier alpha value is -0.0800. The van der Waals surface area contributed by atoms with E-state index in [-0.39, 0.29) is 5.54 Å². The smallest absolute Gasteiger partial charge is 0.0615 e. The molecule has 0 amide bonds. The lowest BCUT2D eigenvalue weighted by atomic mass is 9.90. The van der Waals surface area contributed by atoms with Crippen molar-refractivity contribution in [2.75, 3.05) is 13.7 Å². The molecular weight excluding hydrogens is 138 g/mol. The molecule has 2 fully saturated rings. The van der Waals surface area contributed by atoms with Gasteiger partial charge in [-0.05, 0) is 39.2 Å². The third-order valence-corrected chi connectivity index (χ3v) is 3.71. The molecule has 2 bridgehead atoms. The molecule has 2 heterocycles. The normalized spacial score (nSPS) is 44.7. The summed E-state index contributed by atoms with van der Waals surface area (Å²) in [6.07, 6.45) is 6.38. The van der Waals surface area contributed by atoms with Gasteiger partial charge >= 0.3 is 0 Å². The molecule has 2 saturated heterocycles. The quantitative estimate of drug-likeness (QED) is 0.610. The monoisotopic (exact) mass is 155 g/mol. The van der Waals surface area contributed by atoms with Crippen molar-refractivity contribution in [1.29, 1.82) is 0 Å². The summed E-state index contributed by atoms with van der Waals surface area (Å²) in [6.45, 7) is 0.361. The van der Waals surface area contributed by atoms with Crippen molar-refractivity contribution < 1.29 is 5.11 Å². The van der Waals surface area contributed by atoms with Crippen LogP contribution in [0.25, 0.3) is 0 Å². The fourth-order valence-electron chi connectivity index (χ4n) is 2.77. The lowest BCUT2D eigenvalue weighted by Crippen LogP contribution is -2.50. The van der Waals surface area contributed by atoms with E-state index in [2.05, 4.69) is 11.9 Å². The fourth-order valence-corrected chi connectivity index (χ4v) is 2.77. The minimum absolute atomic E-state index is 0.183. The van der Waals surface area contributed by atoms with Crippen LogP contribution in [0.4, 0.5) is 0 Å². The van der Waals surface area contributed by atoms with Gasteiger partial charge in [0.25, 0.3) is 0 Å². The molecule has 64 valence electrons. The summed E-state index contributed by atoms with van der Waals surface area (Å²) in [5.74, 6) is 0. The minimum atomic E-state index is 0.183. The highest BCUT2D eigenvalue weighted by Gasteiger charge is 2.45. The zero-order valence-electron chi connectivity index (χ0n) is 7.21. The Labute approximate surface area is 68.2 Å². The van der Waals surface area contributed by atoms with Crippen molar-refractivity contribution in [2.45, 2.75) is 43.7 Å². The summed E-state index contributed by atoms with van der Waals surface area (Å²) < 4.78 is 0. The van der Waals surface area contributed by atoms with Crippen LogP contribution in [-0.4, -0.2) is 35.2 Å². The molecule has 2 unspecified atom stereocenters. The average molecular weight is 155 g/mol. The zero-order valence-corrected chi connectivity index (χ0v) is 7.21. The van der Waals surface area contributed by atoms with Gasteiger partial charge in [0.05, 0.1) is 6.61 Å². The van der Waals surface area contributed by atoms with E-state index in [9.17, 15) is 5.11 Å². The maximum atomic E-state index is 9.30. The second-order valence-electron chi connectivity index (χ2n) is 4.08. The molecule has 11 heavy (non-hydrogen) atoms. The number of fused-ring (bicyclic) bond motifs is 2. The molecule has 2 heteroatoms. The molecule has 2 rings (SSSR count). The second kappa shape index (κ2) is 2.46. The Morgan fingerprint density at radius 3 is 2.91 bits per heavy atom. The standard InChI is InChI=1S/C9H17NO/c1-10-8-3-2-5-9(10,7-11)6-4-8/h8,11H,2-7H2,1H3. The van der Waals surface area contributed by atoms with Crippen LogP contribution < -0.4 is 0 Å². The van der Waals surface area contributed by atoms with Gasteiger partial charge in [0, 0.05) is 11.6 Å². The van der Waals surface area contributed by atoms with Gasteiger partial charge in [0.2, 0.25) is 0 Å². The molecular formula is C9H17NO. The highest BCUT2D eigenvalue weighted by Crippen LogP contribution is 2.42. The predicted octanol–water partition coefficient (Wildman–Crippen LogP) is 0.996. The second-order valence-corrected chi connectivity index (χ2v) is 4.08. The highest BCUT2D eigenvalue weighted by molar-refractivity contribution is 5.01. The van der Waals surface area contributed by atoms with Crippen molar-refractivity contribution in [1.82, 2.24) is 4.90 Å². The number of aliphatic hydroxyl groups is 1. The van der Waals surface area contributed by atoms with Crippen LogP contribution >= 0.6 is 0 Å². The Morgan fingerprint density at radius 1 is 1.45 bits per heavy atom. The van der Waals surface area contributed by atoms with Crippen LogP contribution in [0.2, 0.25) is 0 Å². The molecule has 2 atom stereocenters. The number of rotatable bonds is 1. The first-order chi connectivity index (χ1) is 5.28. The number of likely N-dealkylation sites (N-methyl/N-ethyl adjacent to an activating group) is 1. The van der Waals surface area contributed by atoms with Gasteiger partial charge in [0.15, 0.2) is 0 Å². The van der Waals surface area contributed by atoms with Crippen LogP contribution in [0, 0.1) is 0 Å². The Kier molecular flexibility index (Phi) is 1.69. The van der Waals surface area contributed by atoms with Crippen molar-refractivity contribution in [3.63, 3.8) is 0 Å². The molecule has 0 saturated carbocycles. The molecule has 2 aliphatic heterocycles. The van der Waals surface area contributed by atoms with Gasteiger partial charge < -0.3 is 5.11 Å². The van der Waals surface area contributed by atoms with Crippen molar-refractivity contribution >= 4 is 0 Å². The molecule has 1 N–H and O–H groups in total. The molecule has 0 aromatic heterocycles. The topological polar surface area (TPSA) is 23.5 Å². The number of hydrogen-bond acceptors (Lipinski definition) is 2. The van der Waals surface area contributed by atoms with Crippen molar-refractivity contribution in [2.24, 2.45) is 0 Å². The molecule has 0 aliphatic carbocycles. The number of nitrogens with zero attached hydrogens (tertiary/aromatic N) is 1. The molecule has 0 spiro atoms. The van der Waals surface area contributed by atoms with Crippen molar-refractivity contribution in [3.05, 3.63) is 0 Å². The third-order valence-electron chi connectivity index (χ3n) is 3.71. The molecule has 2 nitrogen and oxygen atoms in total. The fraction of sp³-hybridized carbons (Fsp3) is 1.00. The summed E-state index contributed by atoms with van der Waals surface area (Å²) in [5.41, 5.74) is 0.183. The van der Waals surface area contributed by atoms with E-state index >= 15 is 0 Å². The van der Waals surface area contributed by atoms with Gasteiger partial charge in [-0.3, -0.25) is 4.90 Å². The van der Waals surface area contributed by atoms with E-state index in [0.717, 1.165) is 6.04 Å². The van der Waals surface area contributed by atoms with Gasteiger partial charge in [0.1, 0.15) is 0 Å². The third kappa shape index (κ3) is 0.926. The number of aliphatic hydroxyl groups excluding tert-OH is 1. The van der Waals surface area contributed by atoms with Gasteiger partial charge in [-0.1, -0.05) is 0 Å². The maximum absolute atomic E-state index is 9.30. The molecule has 0 radical (unpaired) electrons. The SMILES string of the molecule is CN1C2CCCC1(CO)CC2. The van der Waals surface area contributed by atoms with Crippen LogP contribution in [0.5, 0.6) is 0 Å². The van der Waals surface area contributed by atoms with E-state index in [4.69, 9.17) is 0 Å². The maximum Gasteiger partial charge on any atom is 0.0615 e. The lowest BCUT2D eigenvalue weighted by Gasteiger charge is -2.41. The minimum Gasteiger partial charge on any atom is -0.394 e. The van der Waals surface area contributed by atoms with Crippen molar-refractivity contribution in [3.8, 4) is 0 Å². The van der Waals surface area contributed by atoms with E-state index < -0.39 is 0 Å². The van der Waals surface area contributed by atoms with E-state index in [0.29, 0.717) is 6.61 Å². The molecule has 0 aromatic carbocycles. The van der Waals surface area contributed by atoms with E-state index in [1.807, 2.05) is 0 Å². The summed E-state index contributed by atoms with van der Waals surface area (Å²) in [7, 11) is 2.17. The Bertz CT molecular complexity index is 156. The Morgan fingerprint density at radius 2 is 2.27 bits per heavy atom. The van der Waals surface area contributed by atoms with E-state index in [1.165, 1.54) is 32.1 Å². The highest BCUT2D eigenvalue weighted by atomic mass is 16.3. The summed E-state index contributed by atoms with van der Waals surface area (Å²) in [4.78, 5) is 2.41. The summed E-state index contributed by atoms with van der Waals surface area (Å²) in [6, 6.07) is 0.774. The summed E-state index contributed by atoms with van der Waals surface area (Å²) >= 11 is 0. The zero-order chi connectivity index (χ0) is 7.90. The predicted molar refractivity (Wildman–Crippen MR) is 44.5 cm³/mol. The number of hydrogen-bond donors (Lipinski definition) is 1. The van der Waals surface area contributed by atoms with Gasteiger partial charge in [-0.25, -0.2) is 0 Å². The number of piperidine rings is 1. The first-order valence-corrected chi connectivity index (χ1v) is 4.62. The van der Waals surface area contributed by atoms with Gasteiger partial charge in [-0.2, -0.15) is 0 Å². The van der Waals surface area contributed by atoms with Crippen LogP contribution in [-0.2, 0) is 0 Å². The van der Waals surface area contributed by atoms with Crippen LogP contribution in [0.15, 0.2) is 0 Å². The van der Waals surface area contributed by atoms with Crippen LogP contribution in [0.1, 0.15) is 32.1 Å². The summed E-state index contributed by atoms with van der Waals surface area (Å²) in [5, 5.41) is 9.30.